The van der Waals surface area contributed by atoms with E-state index in [1.165, 1.54) is 0 Å². The lowest BCUT2D eigenvalue weighted by atomic mass is 9.73. The lowest BCUT2D eigenvalue weighted by Gasteiger charge is -2.34. The van der Waals surface area contributed by atoms with Crippen LogP contribution in [0.25, 0.3) is 16.6 Å². The molecule has 0 radical (unpaired) electrons. The van der Waals surface area contributed by atoms with Crippen LogP contribution >= 0.6 is 11.8 Å². The molecule has 2 N–H and O–H groups in total. The molecule has 3 heterocycles. The fraction of sp³-hybridized carbons (Fsp3) is 0.227. The number of hydrogen-bond donors (Lipinski definition) is 1. The van der Waals surface area contributed by atoms with Gasteiger partial charge in [-0.05, 0) is 66.3 Å². The molecule has 2 aromatic carbocycles. The molecular formula is C22H20N4O2S. The van der Waals surface area contributed by atoms with Crippen molar-refractivity contribution in [3.8, 4) is 0 Å². The SMILES string of the molecule is NC(=O)C1(c2cccc(Sc3ccc4c(ccc5nncn54)c3)c2)CCOCC1. The van der Waals surface area contributed by atoms with Crippen molar-refractivity contribution >= 4 is 34.2 Å². The van der Waals surface area contributed by atoms with Crippen molar-refractivity contribution in [2.24, 2.45) is 5.73 Å². The van der Waals surface area contributed by atoms with Crippen molar-refractivity contribution in [1.29, 1.82) is 0 Å². The van der Waals surface area contributed by atoms with Gasteiger partial charge in [-0.1, -0.05) is 23.9 Å². The van der Waals surface area contributed by atoms with E-state index in [0.29, 0.717) is 26.1 Å². The van der Waals surface area contributed by atoms with Crippen molar-refractivity contribution < 1.29 is 9.53 Å². The van der Waals surface area contributed by atoms with Crippen molar-refractivity contribution in [2.45, 2.75) is 28.0 Å². The Labute approximate surface area is 172 Å². The van der Waals surface area contributed by atoms with Gasteiger partial charge in [0.1, 0.15) is 6.33 Å². The highest BCUT2D eigenvalue weighted by Gasteiger charge is 2.40. The Morgan fingerprint density at radius 3 is 2.72 bits per heavy atom. The molecule has 4 aromatic rings. The quantitative estimate of drug-likeness (QED) is 0.562. The van der Waals surface area contributed by atoms with Gasteiger partial charge in [-0.15, -0.1) is 10.2 Å². The second-order valence-corrected chi connectivity index (χ2v) is 8.45. The molecule has 0 atom stereocenters. The number of fused-ring (bicyclic) bond motifs is 3. The first-order valence-electron chi connectivity index (χ1n) is 9.54. The first kappa shape index (κ1) is 18.1. The maximum Gasteiger partial charge on any atom is 0.228 e. The van der Waals surface area contributed by atoms with E-state index in [4.69, 9.17) is 10.5 Å². The minimum atomic E-state index is -0.641. The van der Waals surface area contributed by atoms with Gasteiger partial charge < -0.3 is 10.5 Å². The second kappa shape index (κ2) is 7.17. The number of ether oxygens (including phenoxy) is 1. The van der Waals surface area contributed by atoms with Crippen LogP contribution in [0.3, 0.4) is 0 Å². The molecule has 0 spiro atoms. The molecule has 0 saturated carbocycles. The highest BCUT2D eigenvalue weighted by molar-refractivity contribution is 7.99. The van der Waals surface area contributed by atoms with Gasteiger partial charge >= 0.3 is 0 Å². The number of pyridine rings is 1. The molecule has 0 bridgehead atoms. The van der Waals surface area contributed by atoms with E-state index in [1.54, 1.807) is 18.1 Å². The lowest BCUT2D eigenvalue weighted by Crippen LogP contribution is -2.45. The third-order valence-electron chi connectivity index (χ3n) is 5.68. The number of primary amides is 1. The van der Waals surface area contributed by atoms with Gasteiger partial charge in [0.2, 0.25) is 5.91 Å². The molecule has 1 aliphatic rings. The standard InChI is InChI=1S/C22H20N4O2S/c23-21(27)22(8-10-28-11-9-22)16-2-1-3-17(13-16)29-18-5-6-19-15(12-18)4-7-20-25-24-14-26(19)20/h1-7,12-14H,8-11H2,(H2,23,27). The summed E-state index contributed by atoms with van der Waals surface area (Å²) in [6.45, 7) is 1.12. The number of benzene rings is 2. The van der Waals surface area contributed by atoms with Crippen LogP contribution in [-0.2, 0) is 14.9 Å². The molecule has 29 heavy (non-hydrogen) atoms. The van der Waals surface area contributed by atoms with Gasteiger partial charge in [0.25, 0.3) is 0 Å². The summed E-state index contributed by atoms with van der Waals surface area (Å²) in [5, 5.41) is 9.19. The average molecular weight is 404 g/mol. The van der Waals surface area contributed by atoms with Crippen molar-refractivity contribution in [1.82, 2.24) is 14.6 Å². The van der Waals surface area contributed by atoms with Crippen LogP contribution in [0.1, 0.15) is 18.4 Å². The summed E-state index contributed by atoms with van der Waals surface area (Å²) in [6.07, 6.45) is 2.98. The van der Waals surface area contributed by atoms with Gasteiger partial charge in [-0.3, -0.25) is 9.20 Å². The summed E-state index contributed by atoms with van der Waals surface area (Å²) >= 11 is 1.67. The molecule has 2 aromatic heterocycles. The fourth-order valence-corrected chi connectivity index (χ4v) is 4.97. The summed E-state index contributed by atoms with van der Waals surface area (Å²) in [5.74, 6) is -0.272. The van der Waals surface area contributed by atoms with Gasteiger partial charge in [0.05, 0.1) is 10.9 Å². The van der Waals surface area contributed by atoms with Crippen molar-refractivity contribution in [3.63, 3.8) is 0 Å². The molecule has 7 heteroatoms. The molecule has 1 aliphatic heterocycles. The number of rotatable bonds is 4. The summed E-state index contributed by atoms with van der Waals surface area (Å²) < 4.78 is 7.44. The number of nitrogens with two attached hydrogens (primary N) is 1. The van der Waals surface area contributed by atoms with E-state index in [9.17, 15) is 4.79 Å². The Kier molecular flexibility index (Phi) is 4.49. The monoisotopic (exact) mass is 404 g/mol. The summed E-state index contributed by atoms with van der Waals surface area (Å²) in [4.78, 5) is 14.5. The van der Waals surface area contributed by atoms with Crippen LogP contribution in [0.5, 0.6) is 0 Å². The minimum Gasteiger partial charge on any atom is -0.381 e. The first-order valence-corrected chi connectivity index (χ1v) is 10.4. The predicted molar refractivity (Wildman–Crippen MR) is 112 cm³/mol. The maximum absolute atomic E-state index is 12.3. The summed E-state index contributed by atoms with van der Waals surface area (Å²) in [5.41, 5.74) is 8.06. The van der Waals surface area contributed by atoms with Crippen molar-refractivity contribution in [2.75, 3.05) is 13.2 Å². The molecule has 5 rings (SSSR count). The number of hydrogen-bond acceptors (Lipinski definition) is 5. The minimum absolute atomic E-state index is 0.272. The Morgan fingerprint density at radius 1 is 1.07 bits per heavy atom. The van der Waals surface area contributed by atoms with Crippen LogP contribution in [0.2, 0.25) is 0 Å². The molecular weight excluding hydrogens is 384 g/mol. The number of carbonyl (C=O) groups excluding carboxylic acids is 1. The van der Waals surface area contributed by atoms with Gasteiger partial charge in [0, 0.05) is 23.0 Å². The Hall–Kier alpha value is -2.90. The van der Waals surface area contributed by atoms with Crippen LogP contribution in [0, 0.1) is 0 Å². The smallest absolute Gasteiger partial charge is 0.228 e. The molecule has 1 amide bonds. The molecule has 1 saturated heterocycles. The zero-order valence-electron chi connectivity index (χ0n) is 15.7. The Bertz CT molecular complexity index is 1210. The van der Waals surface area contributed by atoms with Crippen LogP contribution in [-0.4, -0.2) is 33.7 Å². The largest absolute Gasteiger partial charge is 0.381 e. The molecule has 0 aliphatic carbocycles. The topological polar surface area (TPSA) is 82.5 Å². The van der Waals surface area contributed by atoms with Crippen LogP contribution in [0.4, 0.5) is 0 Å². The summed E-state index contributed by atoms with van der Waals surface area (Å²) in [7, 11) is 0. The Morgan fingerprint density at radius 2 is 1.90 bits per heavy atom. The van der Waals surface area contributed by atoms with E-state index in [2.05, 4.69) is 46.6 Å². The zero-order chi connectivity index (χ0) is 19.8. The van der Waals surface area contributed by atoms with E-state index >= 15 is 0 Å². The van der Waals surface area contributed by atoms with Crippen molar-refractivity contribution in [3.05, 3.63) is 66.5 Å². The van der Waals surface area contributed by atoms with E-state index in [-0.39, 0.29) is 5.91 Å². The molecule has 1 fully saturated rings. The van der Waals surface area contributed by atoms with E-state index in [1.807, 2.05) is 22.6 Å². The fourth-order valence-electron chi connectivity index (χ4n) is 4.05. The van der Waals surface area contributed by atoms with E-state index < -0.39 is 5.41 Å². The third-order valence-corrected chi connectivity index (χ3v) is 6.66. The van der Waals surface area contributed by atoms with E-state index in [0.717, 1.165) is 31.9 Å². The zero-order valence-corrected chi connectivity index (χ0v) is 16.6. The van der Waals surface area contributed by atoms with Crippen LogP contribution < -0.4 is 5.73 Å². The van der Waals surface area contributed by atoms with Crippen LogP contribution in [0.15, 0.2) is 70.7 Å². The number of carbonyl (C=O) groups is 1. The van der Waals surface area contributed by atoms with Gasteiger partial charge in [-0.2, -0.15) is 0 Å². The number of amides is 1. The normalized spacial score (nSPS) is 16.3. The van der Waals surface area contributed by atoms with Gasteiger partial charge in [-0.25, -0.2) is 0 Å². The predicted octanol–water partition coefficient (Wildman–Crippen LogP) is 3.57. The first-order chi connectivity index (χ1) is 14.2. The second-order valence-electron chi connectivity index (χ2n) is 7.30. The van der Waals surface area contributed by atoms with Gasteiger partial charge in [0.15, 0.2) is 5.65 Å². The highest BCUT2D eigenvalue weighted by atomic mass is 32.2. The highest BCUT2D eigenvalue weighted by Crippen LogP contribution is 2.38. The summed E-state index contributed by atoms with van der Waals surface area (Å²) in [6, 6.07) is 18.5. The maximum atomic E-state index is 12.3. The third kappa shape index (κ3) is 3.16. The Balaban J connectivity index is 1.48. The molecule has 6 nitrogen and oxygen atoms in total. The lowest BCUT2D eigenvalue weighted by molar-refractivity contribution is -0.127. The molecule has 146 valence electrons. The number of aromatic nitrogens is 3. The molecule has 0 unspecified atom stereocenters. The average Bonchev–Trinajstić information content (AvgIpc) is 3.23. The number of nitrogens with zero attached hydrogens (tertiary/aromatic N) is 3.